The zero-order valence-corrected chi connectivity index (χ0v) is 15.2. The van der Waals surface area contributed by atoms with E-state index in [0.29, 0.717) is 18.1 Å². The summed E-state index contributed by atoms with van der Waals surface area (Å²) in [6.45, 7) is 15.8. The first-order valence-corrected chi connectivity index (χ1v) is 10.1. The van der Waals surface area contributed by atoms with Crippen LogP contribution in [0.1, 0.15) is 45.0 Å². The normalized spacial score (nSPS) is 13.1. The lowest BCUT2D eigenvalue weighted by molar-refractivity contribution is 0.112. The van der Waals surface area contributed by atoms with E-state index in [1.54, 1.807) is 0 Å². The van der Waals surface area contributed by atoms with E-state index in [9.17, 15) is 4.79 Å². The molecule has 0 aliphatic carbocycles. The van der Waals surface area contributed by atoms with Gasteiger partial charge in [0.1, 0.15) is 0 Å². The lowest BCUT2D eigenvalue weighted by Gasteiger charge is -2.39. The van der Waals surface area contributed by atoms with Gasteiger partial charge in [0.05, 0.1) is 17.7 Å². The van der Waals surface area contributed by atoms with Crippen LogP contribution in [0.3, 0.4) is 0 Å². The summed E-state index contributed by atoms with van der Waals surface area (Å²) in [6.07, 6.45) is 3.75. The Labute approximate surface area is 128 Å². The third-order valence-corrected chi connectivity index (χ3v) is 8.34. The van der Waals surface area contributed by atoms with Gasteiger partial charge in [-0.15, -0.1) is 0 Å². The van der Waals surface area contributed by atoms with Gasteiger partial charge in [0.15, 0.2) is 14.6 Å². The molecule has 1 N–H and O–H groups in total. The largest absolute Gasteiger partial charge is 0.414 e. The fourth-order valence-corrected chi connectivity index (χ4v) is 2.53. The van der Waals surface area contributed by atoms with Crippen molar-refractivity contribution in [2.75, 3.05) is 11.9 Å². The molecule has 0 fully saturated rings. The standard InChI is InChI=1S/C15H27N3O2Si/c1-14(2,3)21(6,7)20-11-15(4,5)18-13-16-8-12(10-19)9-17-13/h8-10H,11H2,1-7H3,(H,16,17,18). The molecule has 1 rings (SSSR count). The van der Waals surface area contributed by atoms with E-state index in [4.69, 9.17) is 4.43 Å². The smallest absolute Gasteiger partial charge is 0.223 e. The Balaban J connectivity index is 2.66. The zero-order chi connectivity index (χ0) is 16.3. The third-order valence-electron chi connectivity index (χ3n) is 3.86. The van der Waals surface area contributed by atoms with Gasteiger partial charge in [-0.25, -0.2) is 9.97 Å². The number of carbonyl (C=O) groups is 1. The molecule has 0 saturated heterocycles. The molecule has 1 heterocycles. The molecule has 0 radical (unpaired) electrons. The fourth-order valence-electron chi connectivity index (χ4n) is 1.38. The van der Waals surface area contributed by atoms with Crippen LogP contribution >= 0.6 is 0 Å². The predicted octanol–water partition coefficient (Wildman–Crippen LogP) is 3.50. The molecule has 5 nitrogen and oxygen atoms in total. The number of nitrogens with one attached hydrogen (secondary N) is 1. The summed E-state index contributed by atoms with van der Waals surface area (Å²) < 4.78 is 6.24. The summed E-state index contributed by atoms with van der Waals surface area (Å²) in [5.41, 5.74) is 0.189. The molecule has 0 bridgehead atoms. The Bertz CT molecular complexity index is 479. The SMILES string of the molecule is CC(C)(CO[Si](C)(C)C(C)(C)C)Nc1ncc(C=O)cn1. The van der Waals surface area contributed by atoms with Crippen LogP contribution in [-0.4, -0.2) is 36.7 Å². The maximum absolute atomic E-state index is 10.6. The van der Waals surface area contributed by atoms with Crippen molar-refractivity contribution in [2.45, 2.75) is 58.3 Å². The summed E-state index contributed by atoms with van der Waals surface area (Å²) in [5.74, 6) is 0.504. The topological polar surface area (TPSA) is 64.1 Å². The Morgan fingerprint density at radius 3 is 2.14 bits per heavy atom. The molecule has 0 aromatic carbocycles. The van der Waals surface area contributed by atoms with Crippen LogP contribution in [0.25, 0.3) is 0 Å². The molecule has 6 heteroatoms. The second kappa shape index (κ2) is 6.23. The van der Waals surface area contributed by atoms with Gasteiger partial charge in [0.25, 0.3) is 0 Å². The van der Waals surface area contributed by atoms with Crippen molar-refractivity contribution in [3.8, 4) is 0 Å². The van der Waals surface area contributed by atoms with Crippen LogP contribution in [0.15, 0.2) is 12.4 Å². The quantitative estimate of drug-likeness (QED) is 0.643. The minimum atomic E-state index is -1.77. The monoisotopic (exact) mass is 309 g/mol. The number of nitrogens with zero attached hydrogens (tertiary/aromatic N) is 2. The van der Waals surface area contributed by atoms with Gasteiger partial charge in [-0.1, -0.05) is 20.8 Å². The van der Waals surface area contributed by atoms with Crippen molar-refractivity contribution in [2.24, 2.45) is 0 Å². The van der Waals surface area contributed by atoms with Crippen molar-refractivity contribution in [3.63, 3.8) is 0 Å². The fraction of sp³-hybridized carbons (Fsp3) is 0.667. The molecule has 0 amide bonds. The second-order valence-electron chi connectivity index (χ2n) is 7.52. The molecular weight excluding hydrogens is 282 g/mol. The van der Waals surface area contributed by atoms with Crippen LogP contribution in [-0.2, 0) is 4.43 Å². The van der Waals surface area contributed by atoms with Gasteiger partial charge in [-0.2, -0.15) is 0 Å². The number of aldehydes is 1. The predicted molar refractivity (Wildman–Crippen MR) is 88.3 cm³/mol. The molecule has 21 heavy (non-hydrogen) atoms. The summed E-state index contributed by atoms with van der Waals surface area (Å²) in [4.78, 5) is 18.9. The van der Waals surface area contributed by atoms with E-state index in [1.807, 2.05) is 0 Å². The first kappa shape index (κ1) is 17.8. The van der Waals surface area contributed by atoms with Gasteiger partial charge in [-0.3, -0.25) is 4.79 Å². The van der Waals surface area contributed by atoms with E-state index in [0.717, 1.165) is 6.29 Å². The summed E-state index contributed by atoms with van der Waals surface area (Å²) in [6, 6.07) is 0. The van der Waals surface area contributed by atoms with E-state index in [-0.39, 0.29) is 10.6 Å². The summed E-state index contributed by atoms with van der Waals surface area (Å²) in [5, 5.41) is 3.44. The highest BCUT2D eigenvalue weighted by Gasteiger charge is 2.38. The van der Waals surface area contributed by atoms with Crippen LogP contribution < -0.4 is 5.32 Å². The van der Waals surface area contributed by atoms with E-state index in [1.165, 1.54) is 12.4 Å². The average Bonchev–Trinajstić information content (AvgIpc) is 2.36. The van der Waals surface area contributed by atoms with Crippen LogP contribution in [0.5, 0.6) is 0 Å². The maximum atomic E-state index is 10.6. The van der Waals surface area contributed by atoms with Gasteiger partial charge in [-0.05, 0) is 32.0 Å². The lowest BCUT2D eigenvalue weighted by Crippen LogP contribution is -2.47. The lowest BCUT2D eigenvalue weighted by atomic mass is 10.1. The van der Waals surface area contributed by atoms with Crippen molar-refractivity contribution in [1.29, 1.82) is 0 Å². The van der Waals surface area contributed by atoms with E-state index in [2.05, 4.69) is 63.0 Å². The van der Waals surface area contributed by atoms with Gasteiger partial charge >= 0.3 is 0 Å². The van der Waals surface area contributed by atoms with Crippen molar-refractivity contribution >= 4 is 20.6 Å². The highest BCUT2D eigenvalue weighted by atomic mass is 28.4. The number of hydrogen-bond acceptors (Lipinski definition) is 5. The first-order chi connectivity index (χ1) is 9.47. The number of anilines is 1. The molecule has 0 saturated carbocycles. The Morgan fingerprint density at radius 1 is 1.19 bits per heavy atom. The number of aromatic nitrogens is 2. The molecule has 0 atom stereocenters. The Morgan fingerprint density at radius 2 is 1.71 bits per heavy atom. The molecule has 0 unspecified atom stereocenters. The molecule has 0 spiro atoms. The molecular formula is C15H27N3O2Si. The van der Waals surface area contributed by atoms with Crippen LogP contribution in [0.2, 0.25) is 18.1 Å². The number of hydrogen-bond donors (Lipinski definition) is 1. The minimum absolute atomic E-state index is 0.186. The zero-order valence-electron chi connectivity index (χ0n) is 14.2. The second-order valence-corrected chi connectivity index (χ2v) is 12.3. The number of carbonyl (C=O) groups excluding carboxylic acids is 1. The van der Waals surface area contributed by atoms with Crippen molar-refractivity contribution < 1.29 is 9.22 Å². The van der Waals surface area contributed by atoms with Gasteiger partial charge < -0.3 is 9.74 Å². The first-order valence-electron chi connectivity index (χ1n) is 7.16. The summed E-state index contributed by atoms with van der Waals surface area (Å²) >= 11 is 0. The molecule has 0 aliphatic heterocycles. The van der Waals surface area contributed by atoms with Gasteiger partial charge in [0, 0.05) is 12.4 Å². The third kappa shape index (κ3) is 5.21. The van der Waals surface area contributed by atoms with E-state index >= 15 is 0 Å². The van der Waals surface area contributed by atoms with Crippen LogP contribution in [0.4, 0.5) is 5.95 Å². The Hall–Kier alpha value is -1.27. The van der Waals surface area contributed by atoms with Crippen molar-refractivity contribution in [1.82, 2.24) is 9.97 Å². The molecule has 1 aromatic rings. The highest BCUT2D eigenvalue weighted by Crippen LogP contribution is 2.37. The molecule has 1 aromatic heterocycles. The molecule has 0 aliphatic rings. The van der Waals surface area contributed by atoms with Gasteiger partial charge in [0.2, 0.25) is 5.95 Å². The molecule has 118 valence electrons. The maximum Gasteiger partial charge on any atom is 0.223 e. The van der Waals surface area contributed by atoms with E-state index < -0.39 is 8.32 Å². The highest BCUT2D eigenvalue weighted by molar-refractivity contribution is 6.74. The van der Waals surface area contributed by atoms with Crippen molar-refractivity contribution in [3.05, 3.63) is 18.0 Å². The Kier molecular flexibility index (Phi) is 5.28. The number of rotatable bonds is 6. The average molecular weight is 309 g/mol. The summed E-state index contributed by atoms with van der Waals surface area (Å²) in [7, 11) is -1.77. The van der Waals surface area contributed by atoms with Crippen LogP contribution in [0, 0.1) is 0 Å². The minimum Gasteiger partial charge on any atom is -0.414 e.